The summed E-state index contributed by atoms with van der Waals surface area (Å²) < 4.78 is 0. The van der Waals surface area contributed by atoms with E-state index < -0.39 is 0 Å². The maximum Gasteiger partial charge on any atom is -0.0329 e. The van der Waals surface area contributed by atoms with E-state index in [-0.39, 0.29) is 0 Å². The fourth-order valence-corrected chi connectivity index (χ4v) is 2.17. The molecule has 0 heteroatoms. The van der Waals surface area contributed by atoms with Crippen molar-refractivity contribution in [1.29, 1.82) is 0 Å². The molecule has 0 atom stereocenters. The van der Waals surface area contributed by atoms with Gasteiger partial charge in [0.2, 0.25) is 0 Å². The van der Waals surface area contributed by atoms with Crippen molar-refractivity contribution < 1.29 is 0 Å². The minimum absolute atomic E-state index is 0.612. The van der Waals surface area contributed by atoms with Crippen LogP contribution in [0.5, 0.6) is 0 Å². The Hall–Kier alpha value is 0. The average molecular weight is 154 g/mol. The van der Waals surface area contributed by atoms with Gasteiger partial charge in [-0.05, 0) is 24.2 Å². The lowest BCUT2D eigenvalue weighted by molar-refractivity contribution is 0.152. The minimum Gasteiger partial charge on any atom is -0.0649 e. The zero-order chi connectivity index (χ0) is 8.32. The Morgan fingerprint density at radius 2 is 1.64 bits per heavy atom. The molecular weight excluding hydrogens is 132 g/mol. The largest absolute Gasteiger partial charge is 0.0649 e. The van der Waals surface area contributed by atoms with Gasteiger partial charge in [0, 0.05) is 0 Å². The van der Waals surface area contributed by atoms with E-state index in [4.69, 9.17) is 0 Å². The molecule has 0 aromatic rings. The first-order valence-electron chi connectivity index (χ1n) is 5.17. The molecule has 66 valence electrons. The van der Waals surface area contributed by atoms with Crippen molar-refractivity contribution >= 4 is 0 Å². The second-order valence-electron chi connectivity index (χ2n) is 4.68. The van der Waals surface area contributed by atoms with Crippen LogP contribution in [-0.4, -0.2) is 0 Å². The maximum atomic E-state index is 2.43. The lowest BCUT2D eigenvalue weighted by Gasteiger charge is -2.36. The van der Waals surface area contributed by atoms with Crippen LogP contribution in [0.25, 0.3) is 0 Å². The van der Waals surface area contributed by atoms with Gasteiger partial charge in [-0.15, -0.1) is 0 Å². The molecule has 0 bridgehead atoms. The highest BCUT2D eigenvalue weighted by atomic mass is 14.3. The molecule has 1 rings (SSSR count). The number of rotatable bonds is 2. The summed E-state index contributed by atoms with van der Waals surface area (Å²) in [7, 11) is 0. The van der Waals surface area contributed by atoms with Crippen molar-refractivity contribution in [1.82, 2.24) is 0 Å². The van der Waals surface area contributed by atoms with Gasteiger partial charge in [-0.1, -0.05) is 46.5 Å². The number of hydrogen-bond donors (Lipinski definition) is 0. The van der Waals surface area contributed by atoms with E-state index in [1.807, 2.05) is 0 Å². The quantitative estimate of drug-likeness (QED) is 0.564. The molecule has 1 aliphatic carbocycles. The zero-order valence-electron chi connectivity index (χ0n) is 8.32. The highest BCUT2D eigenvalue weighted by Gasteiger charge is 2.28. The predicted octanol–water partition coefficient (Wildman–Crippen LogP) is 4.00. The third kappa shape index (κ3) is 2.21. The molecule has 0 unspecified atom stereocenters. The van der Waals surface area contributed by atoms with Gasteiger partial charge in [-0.2, -0.15) is 0 Å². The van der Waals surface area contributed by atoms with Crippen LogP contribution in [0.4, 0.5) is 0 Å². The fourth-order valence-electron chi connectivity index (χ4n) is 2.17. The molecule has 1 saturated carbocycles. The molecule has 0 aromatic heterocycles. The predicted molar refractivity (Wildman–Crippen MR) is 50.6 cm³/mol. The molecule has 0 N–H and O–H groups in total. The summed E-state index contributed by atoms with van der Waals surface area (Å²) in [6.45, 7) is 7.20. The Labute approximate surface area is 71.4 Å². The van der Waals surface area contributed by atoms with E-state index in [0.717, 1.165) is 5.92 Å². The van der Waals surface area contributed by atoms with Crippen LogP contribution >= 0.6 is 0 Å². The lowest BCUT2D eigenvalue weighted by atomic mass is 9.70. The molecule has 0 saturated heterocycles. The summed E-state index contributed by atoms with van der Waals surface area (Å²) in [5, 5.41) is 0. The van der Waals surface area contributed by atoms with Gasteiger partial charge >= 0.3 is 0 Å². The molecular formula is C11H22. The molecule has 0 radical (unpaired) electrons. The Balaban J connectivity index is 2.43. The van der Waals surface area contributed by atoms with Gasteiger partial charge in [-0.3, -0.25) is 0 Å². The van der Waals surface area contributed by atoms with Crippen molar-refractivity contribution in [3.63, 3.8) is 0 Å². The molecule has 11 heavy (non-hydrogen) atoms. The third-order valence-electron chi connectivity index (χ3n) is 3.62. The van der Waals surface area contributed by atoms with E-state index in [0.29, 0.717) is 5.41 Å². The number of hydrogen-bond acceptors (Lipinski definition) is 0. The Bertz CT molecular complexity index is 107. The van der Waals surface area contributed by atoms with E-state index in [1.165, 1.54) is 38.5 Å². The second kappa shape index (κ2) is 3.60. The van der Waals surface area contributed by atoms with E-state index in [2.05, 4.69) is 20.8 Å². The van der Waals surface area contributed by atoms with Crippen LogP contribution in [0, 0.1) is 11.3 Å². The monoisotopic (exact) mass is 154 g/mol. The van der Waals surface area contributed by atoms with Crippen LogP contribution in [0.3, 0.4) is 0 Å². The Morgan fingerprint density at radius 3 is 2.09 bits per heavy atom. The highest BCUT2D eigenvalue weighted by Crippen LogP contribution is 2.40. The van der Waals surface area contributed by atoms with Gasteiger partial charge in [0.15, 0.2) is 0 Å². The summed E-state index contributed by atoms with van der Waals surface area (Å²) >= 11 is 0. The van der Waals surface area contributed by atoms with Gasteiger partial charge in [0.25, 0.3) is 0 Å². The SMILES string of the molecule is CCC(C)(C)C1CCCCC1. The van der Waals surface area contributed by atoms with Crippen molar-refractivity contribution in [2.24, 2.45) is 11.3 Å². The first-order valence-corrected chi connectivity index (χ1v) is 5.17. The van der Waals surface area contributed by atoms with E-state index in [1.54, 1.807) is 0 Å². The smallest absolute Gasteiger partial charge is 0.0329 e. The standard InChI is InChI=1S/C11H22/c1-4-11(2,3)10-8-6-5-7-9-10/h10H,4-9H2,1-3H3. The molecule has 0 spiro atoms. The van der Waals surface area contributed by atoms with Crippen molar-refractivity contribution in [3.05, 3.63) is 0 Å². The summed E-state index contributed by atoms with van der Waals surface area (Å²) in [5.74, 6) is 1.02. The van der Waals surface area contributed by atoms with Gasteiger partial charge < -0.3 is 0 Å². The lowest BCUT2D eigenvalue weighted by Crippen LogP contribution is -2.25. The maximum absolute atomic E-state index is 2.43. The van der Waals surface area contributed by atoms with Crippen LogP contribution in [0.1, 0.15) is 59.3 Å². The molecule has 1 fully saturated rings. The van der Waals surface area contributed by atoms with Crippen molar-refractivity contribution in [2.45, 2.75) is 59.3 Å². The molecule has 0 nitrogen and oxygen atoms in total. The first-order chi connectivity index (χ1) is 5.17. The van der Waals surface area contributed by atoms with Gasteiger partial charge in [0.05, 0.1) is 0 Å². The summed E-state index contributed by atoms with van der Waals surface area (Å²) in [4.78, 5) is 0. The Morgan fingerprint density at radius 1 is 1.09 bits per heavy atom. The van der Waals surface area contributed by atoms with Crippen LogP contribution in [0.2, 0.25) is 0 Å². The minimum atomic E-state index is 0.612. The molecule has 0 aromatic carbocycles. The fraction of sp³-hybridized carbons (Fsp3) is 1.00. The summed E-state index contributed by atoms with van der Waals surface area (Å²) in [5.41, 5.74) is 0.612. The molecule has 0 amide bonds. The van der Waals surface area contributed by atoms with Crippen LogP contribution < -0.4 is 0 Å². The van der Waals surface area contributed by atoms with Gasteiger partial charge in [-0.25, -0.2) is 0 Å². The molecule has 1 aliphatic rings. The topological polar surface area (TPSA) is 0 Å². The highest BCUT2D eigenvalue weighted by molar-refractivity contribution is 4.79. The first kappa shape index (κ1) is 9.09. The second-order valence-corrected chi connectivity index (χ2v) is 4.68. The van der Waals surface area contributed by atoms with E-state index in [9.17, 15) is 0 Å². The zero-order valence-corrected chi connectivity index (χ0v) is 8.32. The molecule has 0 aliphatic heterocycles. The van der Waals surface area contributed by atoms with E-state index >= 15 is 0 Å². The van der Waals surface area contributed by atoms with Crippen LogP contribution in [0.15, 0.2) is 0 Å². The Kier molecular flexibility index (Phi) is 2.98. The van der Waals surface area contributed by atoms with Crippen molar-refractivity contribution in [3.8, 4) is 0 Å². The summed E-state index contributed by atoms with van der Waals surface area (Å²) in [6, 6.07) is 0. The van der Waals surface area contributed by atoms with Gasteiger partial charge in [0.1, 0.15) is 0 Å². The van der Waals surface area contributed by atoms with Crippen molar-refractivity contribution in [2.75, 3.05) is 0 Å². The van der Waals surface area contributed by atoms with Crippen LogP contribution in [-0.2, 0) is 0 Å². The summed E-state index contributed by atoms with van der Waals surface area (Å²) in [6.07, 6.45) is 8.76. The average Bonchev–Trinajstić information content (AvgIpc) is 2.06. The normalized spacial score (nSPS) is 22.1. The molecule has 0 heterocycles. The third-order valence-corrected chi connectivity index (χ3v) is 3.62.